The van der Waals surface area contributed by atoms with Crippen LogP contribution in [0.25, 0.3) is 0 Å². The van der Waals surface area contributed by atoms with E-state index in [1.807, 2.05) is 0 Å². The molecule has 0 unspecified atom stereocenters. The minimum Gasteiger partial charge on any atom is -0.327 e. The number of halogens is 2. The summed E-state index contributed by atoms with van der Waals surface area (Å²) in [6.45, 7) is 0.200. The predicted molar refractivity (Wildman–Crippen MR) is 105 cm³/mol. The van der Waals surface area contributed by atoms with Crippen molar-refractivity contribution in [3.05, 3.63) is 75.3 Å². The zero-order chi connectivity index (χ0) is 20.5. The molecule has 0 saturated carbocycles. The fourth-order valence-corrected chi connectivity index (χ4v) is 4.25. The van der Waals surface area contributed by atoms with Gasteiger partial charge in [-0.25, -0.2) is 18.3 Å². The van der Waals surface area contributed by atoms with Gasteiger partial charge in [-0.3, -0.25) is 14.3 Å². The van der Waals surface area contributed by atoms with Crippen LogP contribution in [0.3, 0.4) is 0 Å². The van der Waals surface area contributed by atoms with Crippen molar-refractivity contribution >= 4 is 27.9 Å². The maximum absolute atomic E-state index is 14.3. The second-order valence-corrected chi connectivity index (χ2v) is 7.71. The number of rotatable bonds is 6. The lowest BCUT2D eigenvalue weighted by Gasteiger charge is -2.15. The lowest BCUT2D eigenvalue weighted by atomic mass is 10.1. The van der Waals surface area contributed by atoms with Crippen LogP contribution in [0.4, 0.5) is 19.5 Å². The first-order chi connectivity index (χ1) is 14.0. The van der Waals surface area contributed by atoms with Crippen molar-refractivity contribution in [2.24, 2.45) is 5.73 Å². The summed E-state index contributed by atoms with van der Waals surface area (Å²) < 4.78 is 29.5. The highest BCUT2D eigenvalue weighted by molar-refractivity contribution is 7.16. The number of fused-ring (bicyclic) bond motifs is 1. The number of nitrogens with two attached hydrogens (primary N) is 1. The first-order valence-electron chi connectivity index (χ1n) is 8.81. The van der Waals surface area contributed by atoms with E-state index >= 15 is 0 Å². The second kappa shape index (κ2) is 7.72. The molecule has 3 aromatic rings. The van der Waals surface area contributed by atoms with Crippen molar-refractivity contribution in [3.63, 3.8) is 0 Å². The third-order valence-electron chi connectivity index (χ3n) is 4.65. The lowest BCUT2D eigenvalue weighted by molar-refractivity contribution is -0.116. The van der Waals surface area contributed by atoms with Gasteiger partial charge in [0.2, 0.25) is 5.91 Å². The molecule has 0 aliphatic carbocycles. The minimum atomic E-state index is -0.447. The average molecular weight is 417 g/mol. The summed E-state index contributed by atoms with van der Waals surface area (Å²) >= 11 is 1.29. The third-order valence-corrected chi connectivity index (χ3v) is 5.70. The summed E-state index contributed by atoms with van der Waals surface area (Å²) in [4.78, 5) is 27.0. The van der Waals surface area contributed by atoms with Crippen molar-refractivity contribution in [3.8, 4) is 0 Å². The molecule has 29 heavy (non-hydrogen) atoms. The number of hydrogen-bond acceptors (Lipinski definition) is 5. The van der Waals surface area contributed by atoms with Gasteiger partial charge in [-0.2, -0.15) is 5.10 Å². The largest absolute Gasteiger partial charge is 0.346 e. The van der Waals surface area contributed by atoms with Gasteiger partial charge in [0.05, 0.1) is 31.5 Å². The molecule has 1 amide bonds. The summed E-state index contributed by atoms with van der Waals surface area (Å²) in [6, 6.07) is 8.16. The van der Waals surface area contributed by atoms with Gasteiger partial charge in [-0.15, -0.1) is 11.3 Å². The van der Waals surface area contributed by atoms with Gasteiger partial charge < -0.3 is 5.73 Å². The quantitative estimate of drug-likeness (QED) is 0.667. The van der Waals surface area contributed by atoms with Gasteiger partial charge in [0.1, 0.15) is 17.1 Å². The summed E-state index contributed by atoms with van der Waals surface area (Å²) in [5, 5.41) is 4.56. The van der Waals surface area contributed by atoms with Crippen LogP contribution < -0.4 is 16.3 Å². The summed E-state index contributed by atoms with van der Waals surface area (Å²) in [5.41, 5.74) is 6.20. The van der Waals surface area contributed by atoms with E-state index in [0.29, 0.717) is 16.9 Å². The van der Waals surface area contributed by atoms with Crippen molar-refractivity contribution in [1.29, 1.82) is 0 Å². The molecule has 0 atom stereocenters. The Labute approximate surface area is 168 Å². The monoisotopic (exact) mass is 417 g/mol. The Bertz CT molecular complexity index is 1160. The molecular weight excluding hydrogens is 400 g/mol. The van der Waals surface area contributed by atoms with Gasteiger partial charge >= 0.3 is 5.69 Å². The van der Waals surface area contributed by atoms with Crippen molar-refractivity contribution < 1.29 is 13.6 Å². The van der Waals surface area contributed by atoms with E-state index in [0.717, 1.165) is 9.56 Å². The molecule has 2 aromatic heterocycles. The normalized spacial score (nSPS) is 14.0. The molecule has 1 aromatic carbocycles. The van der Waals surface area contributed by atoms with Gasteiger partial charge in [0.25, 0.3) is 0 Å². The molecule has 150 valence electrons. The van der Waals surface area contributed by atoms with E-state index in [2.05, 4.69) is 5.10 Å². The first kappa shape index (κ1) is 19.2. The van der Waals surface area contributed by atoms with Gasteiger partial charge in [-0.05, 0) is 29.3 Å². The van der Waals surface area contributed by atoms with E-state index in [1.165, 1.54) is 33.2 Å². The fraction of sp³-hybridized carbons (Fsp3) is 0.211. The highest BCUT2D eigenvalue weighted by atomic mass is 32.1. The molecule has 2 N–H and O–H groups in total. The van der Waals surface area contributed by atoms with Crippen LogP contribution in [0.2, 0.25) is 0 Å². The maximum Gasteiger partial charge on any atom is 0.346 e. The Morgan fingerprint density at radius 1 is 1.28 bits per heavy atom. The van der Waals surface area contributed by atoms with Crippen LogP contribution >= 0.6 is 11.3 Å². The Hall–Kier alpha value is -3.11. The van der Waals surface area contributed by atoms with Gasteiger partial charge in [-0.1, -0.05) is 12.1 Å². The molecule has 3 heterocycles. The van der Waals surface area contributed by atoms with Crippen LogP contribution in [0.5, 0.6) is 0 Å². The number of carbonyl (C=O) groups excluding carboxylic acids is 1. The first-order valence-corrected chi connectivity index (χ1v) is 9.63. The molecular formula is C19H17F2N5O2S. The summed E-state index contributed by atoms with van der Waals surface area (Å²) in [7, 11) is 0. The van der Waals surface area contributed by atoms with Crippen LogP contribution in [-0.2, 0) is 24.3 Å². The van der Waals surface area contributed by atoms with E-state index < -0.39 is 11.5 Å². The zero-order valence-corrected chi connectivity index (χ0v) is 16.0. The van der Waals surface area contributed by atoms with Crippen LogP contribution in [-0.4, -0.2) is 26.8 Å². The van der Waals surface area contributed by atoms with Crippen LogP contribution in [0.1, 0.15) is 10.4 Å². The lowest BCUT2D eigenvalue weighted by Crippen LogP contribution is -2.26. The fourth-order valence-electron chi connectivity index (χ4n) is 3.22. The topological polar surface area (TPSA) is 86.2 Å². The molecule has 0 saturated heterocycles. The standard InChI is InChI=1S/C19H17F2N5O2S/c20-7-12(8-22)9-25-19(28)24(11-23-25)10-14-4-5-17(29-14)26-16(27)6-13-2-1-3-15(21)18(13)26/h1-5,7,11H,6,8-10,22H2/b12-7+. The van der Waals surface area contributed by atoms with Gasteiger partial charge in [0.15, 0.2) is 0 Å². The Kier molecular flexibility index (Phi) is 5.12. The van der Waals surface area contributed by atoms with Crippen molar-refractivity contribution in [1.82, 2.24) is 14.3 Å². The number of benzene rings is 1. The Balaban J connectivity index is 1.57. The van der Waals surface area contributed by atoms with Crippen LogP contribution in [0, 0.1) is 5.82 Å². The summed E-state index contributed by atoms with van der Waals surface area (Å²) in [6.07, 6.45) is 1.89. The van der Waals surface area contributed by atoms with E-state index in [9.17, 15) is 18.4 Å². The molecule has 0 spiro atoms. The molecule has 0 radical (unpaired) electrons. The smallest absolute Gasteiger partial charge is 0.327 e. The number of carbonyl (C=O) groups is 1. The molecule has 7 nitrogen and oxygen atoms in total. The molecule has 10 heteroatoms. The summed E-state index contributed by atoms with van der Waals surface area (Å²) in [5.74, 6) is -0.645. The highest BCUT2D eigenvalue weighted by Crippen LogP contribution is 2.40. The SMILES string of the molecule is NC/C(=C\F)Cn1ncn(Cc2ccc(N3C(=O)Cc4cccc(F)c43)s2)c1=O. The Morgan fingerprint density at radius 2 is 2.10 bits per heavy atom. The molecule has 1 aliphatic rings. The maximum atomic E-state index is 14.3. The molecule has 4 rings (SSSR count). The number of amides is 1. The third kappa shape index (κ3) is 3.52. The highest BCUT2D eigenvalue weighted by Gasteiger charge is 2.32. The number of aromatic nitrogens is 3. The van der Waals surface area contributed by atoms with Crippen molar-refractivity contribution in [2.45, 2.75) is 19.5 Å². The number of hydrogen-bond donors (Lipinski definition) is 1. The molecule has 1 aliphatic heterocycles. The average Bonchev–Trinajstić information content (AvgIpc) is 3.39. The van der Waals surface area contributed by atoms with E-state index in [4.69, 9.17) is 5.73 Å². The zero-order valence-electron chi connectivity index (χ0n) is 15.2. The molecule has 0 fully saturated rings. The number of nitrogens with zero attached hydrogens (tertiary/aromatic N) is 4. The van der Waals surface area contributed by atoms with Gasteiger partial charge in [0, 0.05) is 11.4 Å². The van der Waals surface area contributed by atoms with E-state index in [-0.39, 0.29) is 43.2 Å². The predicted octanol–water partition coefficient (Wildman–Crippen LogP) is 2.33. The molecule has 0 bridgehead atoms. The minimum absolute atomic E-state index is 0.00795. The Morgan fingerprint density at radius 3 is 2.86 bits per heavy atom. The van der Waals surface area contributed by atoms with Crippen molar-refractivity contribution in [2.75, 3.05) is 11.4 Å². The van der Waals surface area contributed by atoms with Crippen LogP contribution in [0.15, 0.2) is 53.4 Å². The van der Waals surface area contributed by atoms with E-state index in [1.54, 1.807) is 24.3 Å². The number of anilines is 2. The number of para-hydroxylation sites is 1. The number of thiophene rings is 1. The second-order valence-electron chi connectivity index (χ2n) is 6.56.